The first kappa shape index (κ1) is 10.4. The molecule has 1 heterocycles. The summed E-state index contributed by atoms with van der Waals surface area (Å²) in [6, 6.07) is 1.64. The second-order valence-electron chi connectivity index (χ2n) is 3.23. The van der Waals surface area contributed by atoms with Gasteiger partial charge in [-0.05, 0) is 31.1 Å². The smallest absolute Gasteiger partial charge is 0.410 e. The van der Waals surface area contributed by atoms with Crippen molar-refractivity contribution in [2.24, 2.45) is 0 Å². The number of ether oxygens (including phenoxy) is 1. The molecule has 1 amide bonds. The van der Waals surface area contributed by atoms with Gasteiger partial charge in [-0.15, -0.1) is 0 Å². The van der Waals surface area contributed by atoms with E-state index in [1.165, 1.54) is 12.4 Å². The summed E-state index contributed by atoms with van der Waals surface area (Å²) in [7, 11) is 0. The summed E-state index contributed by atoms with van der Waals surface area (Å²) >= 11 is 0. The Morgan fingerprint density at radius 3 is 3.00 bits per heavy atom. The predicted molar refractivity (Wildman–Crippen MR) is 58.6 cm³/mol. The van der Waals surface area contributed by atoms with Crippen molar-refractivity contribution < 1.29 is 9.53 Å². The number of nitrogens with zero attached hydrogens (tertiary/aromatic N) is 2. The quantitative estimate of drug-likeness (QED) is 0.825. The molecule has 82 valence electrons. The lowest BCUT2D eigenvalue weighted by Crippen LogP contribution is -2.13. The molecule has 0 saturated carbocycles. The van der Waals surface area contributed by atoms with Crippen molar-refractivity contribution in [3.63, 3.8) is 0 Å². The summed E-state index contributed by atoms with van der Waals surface area (Å²) in [6.07, 6.45) is 9.95. The predicted octanol–water partition coefficient (Wildman–Crippen LogP) is 2.26. The van der Waals surface area contributed by atoms with E-state index in [9.17, 15) is 4.79 Å². The molecule has 5 heteroatoms. The Bertz CT molecular complexity index is 426. The highest BCUT2D eigenvalue weighted by Crippen LogP contribution is 2.12. The minimum Gasteiger partial charge on any atom is -0.410 e. The van der Waals surface area contributed by atoms with Crippen molar-refractivity contribution in [3.05, 3.63) is 42.4 Å². The molecule has 0 aliphatic heterocycles. The summed E-state index contributed by atoms with van der Waals surface area (Å²) in [4.78, 5) is 11.4. The lowest BCUT2D eigenvalue weighted by Gasteiger charge is -2.08. The third-order valence-electron chi connectivity index (χ3n) is 2.00. The fraction of sp³-hybridized carbons (Fsp3) is 0.182. The van der Waals surface area contributed by atoms with Gasteiger partial charge in [0.2, 0.25) is 0 Å². The highest BCUT2D eigenvalue weighted by molar-refractivity contribution is 5.85. The van der Waals surface area contributed by atoms with E-state index in [1.807, 2.05) is 12.2 Å². The summed E-state index contributed by atoms with van der Waals surface area (Å²) < 4.78 is 5.07. The van der Waals surface area contributed by atoms with Gasteiger partial charge in [-0.25, -0.2) is 4.79 Å². The van der Waals surface area contributed by atoms with Crippen LogP contribution in [0.15, 0.2) is 42.4 Å². The molecule has 0 unspecified atom stereocenters. The van der Waals surface area contributed by atoms with Gasteiger partial charge >= 0.3 is 6.09 Å². The van der Waals surface area contributed by atoms with Crippen LogP contribution in [0.4, 0.5) is 10.5 Å². The first-order valence-electron chi connectivity index (χ1n) is 4.97. The number of amides is 1. The van der Waals surface area contributed by atoms with E-state index in [-0.39, 0.29) is 0 Å². The third-order valence-corrected chi connectivity index (χ3v) is 2.00. The van der Waals surface area contributed by atoms with Crippen molar-refractivity contribution in [2.45, 2.75) is 12.8 Å². The molecule has 1 aromatic heterocycles. The topological polar surface area (TPSA) is 64.1 Å². The van der Waals surface area contributed by atoms with Crippen LogP contribution in [0.25, 0.3) is 0 Å². The van der Waals surface area contributed by atoms with Crippen molar-refractivity contribution in [2.75, 3.05) is 5.32 Å². The maximum absolute atomic E-state index is 11.4. The minimum atomic E-state index is -0.522. The van der Waals surface area contributed by atoms with Crippen LogP contribution in [0.1, 0.15) is 12.8 Å². The Balaban J connectivity index is 1.89. The first-order chi connectivity index (χ1) is 7.84. The molecule has 2 rings (SSSR count). The van der Waals surface area contributed by atoms with Gasteiger partial charge < -0.3 is 4.74 Å². The molecule has 0 fully saturated rings. The molecule has 5 nitrogen and oxygen atoms in total. The second-order valence-corrected chi connectivity index (χ2v) is 3.23. The number of hydrogen-bond donors (Lipinski definition) is 1. The Morgan fingerprint density at radius 2 is 2.31 bits per heavy atom. The molecule has 0 aromatic carbocycles. The summed E-state index contributed by atoms with van der Waals surface area (Å²) in [5.74, 6) is 0.575. The molecule has 0 bridgehead atoms. The zero-order valence-corrected chi connectivity index (χ0v) is 8.59. The largest absolute Gasteiger partial charge is 0.417 e. The van der Waals surface area contributed by atoms with Crippen LogP contribution in [-0.2, 0) is 4.74 Å². The molecule has 0 radical (unpaired) electrons. The van der Waals surface area contributed by atoms with Gasteiger partial charge in [-0.2, -0.15) is 10.2 Å². The van der Waals surface area contributed by atoms with Gasteiger partial charge in [0.05, 0.1) is 18.1 Å². The Labute approximate surface area is 92.8 Å². The van der Waals surface area contributed by atoms with Crippen LogP contribution in [0.2, 0.25) is 0 Å². The molecule has 0 atom stereocenters. The number of aromatic nitrogens is 2. The van der Waals surface area contributed by atoms with E-state index in [2.05, 4.69) is 15.5 Å². The number of allylic oxidation sites excluding steroid dienone is 3. The minimum absolute atomic E-state index is 0.522. The van der Waals surface area contributed by atoms with Gasteiger partial charge in [0, 0.05) is 0 Å². The molecule has 16 heavy (non-hydrogen) atoms. The van der Waals surface area contributed by atoms with Crippen molar-refractivity contribution >= 4 is 11.8 Å². The van der Waals surface area contributed by atoms with Gasteiger partial charge in [-0.3, -0.25) is 5.32 Å². The third kappa shape index (κ3) is 2.91. The molecule has 0 saturated heterocycles. The summed E-state index contributed by atoms with van der Waals surface area (Å²) in [5.41, 5.74) is 0.556. The monoisotopic (exact) mass is 217 g/mol. The van der Waals surface area contributed by atoms with Gasteiger partial charge in [0.25, 0.3) is 0 Å². The highest BCUT2D eigenvalue weighted by atomic mass is 16.6. The van der Waals surface area contributed by atoms with E-state index in [0.29, 0.717) is 11.4 Å². The molecule has 0 spiro atoms. The zero-order valence-electron chi connectivity index (χ0n) is 8.59. The van der Waals surface area contributed by atoms with Crippen molar-refractivity contribution in [1.29, 1.82) is 0 Å². The molecular weight excluding hydrogens is 206 g/mol. The van der Waals surface area contributed by atoms with Crippen LogP contribution in [-0.4, -0.2) is 16.3 Å². The molecule has 1 aliphatic rings. The molecule has 1 aliphatic carbocycles. The number of carbonyl (C=O) groups is 1. The van der Waals surface area contributed by atoms with Gasteiger partial charge in [0.1, 0.15) is 5.76 Å². The van der Waals surface area contributed by atoms with Crippen LogP contribution in [0.5, 0.6) is 0 Å². The van der Waals surface area contributed by atoms with E-state index < -0.39 is 6.09 Å². The standard InChI is InChI=1S/C11H11N3O2/c15-11(14-9-6-7-12-13-8-9)16-10-4-2-1-3-5-10/h2,4-8H,1,3H2,(H,12,14,15). The maximum atomic E-state index is 11.4. The normalized spacial score (nSPS) is 14.1. The van der Waals surface area contributed by atoms with Crippen LogP contribution in [0, 0.1) is 0 Å². The Kier molecular flexibility index (Phi) is 3.28. The average Bonchev–Trinajstić information content (AvgIpc) is 2.31. The Hall–Kier alpha value is -2.17. The van der Waals surface area contributed by atoms with Gasteiger partial charge in [-0.1, -0.05) is 6.08 Å². The van der Waals surface area contributed by atoms with Crippen molar-refractivity contribution in [1.82, 2.24) is 10.2 Å². The zero-order chi connectivity index (χ0) is 11.2. The SMILES string of the molecule is O=C(Nc1ccnnc1)OC1=CCCC=C1. The molecule has 1 N–H and O–H groups in total. The number of nitrogens with one attached hydrogen (secondary N) is 1. The summed E-state index contributed by atoms with van der Waals surface area (Å²) in [5, 5.41) is 9.79. The van der Waals surface area contributed by atoms with E-state index in [4.69, 9.17) is 4.74 Å². The second kappa shape index (κ2) is 5.06. The van der Waals surface area contributed by atoms with E-state index in [0.717, 1.165) is 12.8 Å². The van der Waals surface area contributed by atoms with Crippen LogP contribution < -0.4 is 5.32 Å². The van der Waals surface area contributed by atoms with Crippen molar-refractivity contribution in [3.8, 4) is 0 Å². The van der Waals surface area contributed by atoms with Gasteiger partial charge in [0.15, 0.2) is 0 Å². The molecule has 1 aromatic rings. The fourth-order valence-corrected chi connectivity index (χ4v) is 1.28. The number of carbonyl (C=O) groups excluding carboxylic acids is 1. The number of anilines is 1. The average molecular weight is 217 g/mol. The Morgan fingerprint density at radius 1 is 1.38 bits per heavy atom. The van der Waals surface area contributed by atoms with Crippen LogP contribution >= 0.6 is 0 Å². The van der Waals surface area contributed by atoms with E-state index >= 15 is 0 Å². The molecular formula is C11H11N3O2. The first-order valence-corrected chi connectivity index (χ1v) is 4.97. The maximum Gasteiger partial charge on any atom is 0.417 e. The fourth-order valence-electron chi connectivity index (χ4n) is 1.28. The highest BCUT2D eigenvalue weighted by Gasteiger charge is 2.06. The van der Waals surface area contributed by atoms with E-state index in [1.54, 1.807) is 12.1 Å². The lowest BCUT2D eigenvalue weighted by atomic mass is 10.2. The summed E-state index contributed by atoms with van der Waals surface area (Å²) in [6.45, 7) is 0. The number of rotatable bonds is 2. The number of hydrogen-bond acceptors (Lipinski definition) is 4. The van der Waals surface area contributed by atoms with Crippen LogP contribution in [0.3, 0.4) is 0 Å². The lowest BCUT2D eigenvalue weighted by molar-refractivity contribution is 0.194.